The van der Waals surface area contributed by atoms with Gasteiger partial charge in [0, 0.05) is 10.9 Å². The Morgan fingerprint density at radius 1 is 1.06 bits per heavy atom. The quantitative estimate of drug-likeness (QED) is 0.699. The van der Waals surface area contributed by atoms with Gasteiger partial charge in [0.25, 0.3) is 11.8 Å². The smallest absolute Gasteiger partial charge is 0.272 e. The SMILES string of the molecule is CCc1ccc(C(C(=O)NC(C)(C)C)N2CC(=O)n3c(cc4ccccc43)C2=O)cc1. The van der Waals surface area contributed by atoms with Crippen molar-refractivity contribution in [2.24, 2.45) is 0 Å². The number of nitrogens with one attached hydrogen (secondary N) is 1. The van der Waals surface area contributed by atoms with E-state index in [2.05, 4.69) is 12.2 Å². The number of amides is 2. The third-order valence-electron chi connectivity index (χ3n) is 5.51. The van der Waals surface area contributed by atoms with E-state index in [0.29, 0.717) is 11.1 Å². The molecule has 0 aliphatic carbocycles. The highest BCUT2D eigenvalue weighted by Crippen LogP contribution is 2.30. The number of nitrogens with zero attached hydrogens (tertiary/aromatic N) is 2. The molecule has 1 aliphatic rings. The van der Waals surface area contributed by atoms with Gasteiger partial charge >= 0.3 is 0 Å². The van der Waals surface area contributed by atoms with Crippen LogP contribution in [0.5, 0.6) is 0 Å². The fourth-order valence-corrected chi connectivity index (χ4v) is 4.07. The first-order valence-electron chi connectivity index (χ1n) is 10.5. The second kappa shape index (κ2) is 7.69. The van der Waals surface area contributed by atoms with Gasteiger partial charge in [-0.3, -0.25) is 19.0 Å². The van der Waals surface area contributed by atoms with Gasteiger partial charge in [-0.1, -0.05) is 49.4 Å². The summed E-state index contributed by atoms with van der Waals surface area (Å²) >= 11 is 0. The summed E-state index contributed by atoms with van der Waals surface area (Å²) < 4.78 is 1.47. The molecular weight excluding hydrogens is 390 g/mol. The van der Waals surface area contributed by atoms with Crippen LogP contribution in [0.1, 0.15) is 60.1 Å². The third kappa shape index (κ3) is 3.85. The standard InChI is InChI=1S/C25H27N3O3/c1-5-16-10-12-17(13-11-16)22(23(30)26-25(2,3)4)27-15-21(29)28-19-9-7-6-8-18(19)14-20(28)24(27)31/h6-14,22H,5,15H2,1-4H3,(H,26,30). The van der Waals surface area contributed by atoms with Crippen LogP contribution in [0.3, 0.4) is 0 Å². The van der Waals surface area contributed by atoms with Crippen LogP contribution in [0.4, 0.5) is 0 Å². The maximum atomic E-state index is 13.5. The number of carbonyl (C=O) groups excluding carboxylic acids is 3. The van der Waals surface area contributed by atoms with E-state index in [1.807, 2.05) is 69.3 Å². The van der Waals surface area contributed by atoms with Gasteiger partial charge in [0.15, 0.2) is 0 Å². The van der Waals surface area contributed by atoms with Crippen molar-refractivity contribution in [1.82, 2.24) is 14.8 Å². The number of fused-ring (bicyclic) bond motifs is 3. The molecule has 0 fully saturated rings. The van der Waals surface area contributed by atoms with Gasteiger partial charge < -0.3 is 10.2 Å². The first-order chi connectivity index (χ1) is 14.7. The van der Waals surface area contributed by atoms with Crippen molar-refractivity contribution in [3.8, 4) is 0 Å². The highest BCUT2D eigenvalue weighted by atomic mass is 16.2. The molecule has 1 unspecified atom stereocenters. The highest BCUT2D eigenvalue weighted by molar-refractivity contribution is 6.10. The molecule has 3 aromatic rings. The fourth-order valence-electron chi connectivity index (χ4n) is 4.07. The van der Waals surface area contributed by atoms with Crippen molar-refractivity contribution in [1.29, 1.82) is 0 Å². The van der Waals surface area contributed by atoms with Crippen molar-refractivity contribution in [2.75, 3.05) is 6.54 Å². The van der Waals surface area contributed by atoms with Gasteiger partial charge in [-0.05, 0) is 50.5 Å². The Bertz CT molecular complexity index is 1170. The van der Waals surface area contributed by atoms with Crippen LogP contribution in [0.2, 0.25) is 0 Å². The molecule has 0 radical (unpaired) electrons. The molecule has 6 nitrogen and oxygen atoms in total. The van der Waals surface area contributed by atoms with Crippen molar-refractivity contribution in [2.45, 2.75) is 45.7 Å². The van der Waals surface area contributed by atoms with E-state index >= 15 is 0 Å². The number of aryl methyl sites for hydroxylation is 1. The van der Waals surface area contributed by atoms with Crippen LogP contribution in [-0.4, -0.2) is 39.3 Å². The molecule has 0 bridgehead atoms. The molecule has 2 amide bonds. The van der Waals surface area contributed by atoms with Gasteiger partial charge in [0.2, 0.25) is 5.91 Å². The summed E-state index contributed by atoms with van der Waals surface area (Å²) in [5.41, 5.74) is 2.34. The lowest BCUT2D eigenvalue weighted by molar-refractivity contribution is -0.127. The minimum absolute atomic E-state index is 0.164. The molecule has 6 heteroatoms. The van der Waals surface area contributed by atoms with E-state index in [-0.39, 0.29) is 30.0 Å². The van der Waals surface area contributed by atoms with Crippen LogP contribution in [0.25, 0.3) is 10.9 Å². The van der Waals surface area contributed by atoms with Crippen molar-refractivity contribution >= 4 is 28.6 Å². The number of carbonyl (C=O) groups is 3. The second-order valence-electron chi connectivity index (χ2n) is 8.99. The van der Waals surface area contributed by atoms with E-state index in [4.69, 9.17) is 0 Å². The summed E-state index contributed by atoms with van der Waals surface area (Å²) in [6.45, 7) is 7.57. The summed E-state index contributed by atoms with van der Waals surface area (Å²) in [7, 11) is 0. The van der Waals surface area contributed by atoms with Crippen LogP contribution in [0.15, 0.2) is 54.6 Å². The monoisotopic (exact) mass is 417 g/mol. The maximum Gasteiger partial charge on any atom is 0.272 e. The lowest BCUT2D eigenvalue weighted by Gasteiger charge is -2.35. The van der Waals surface area contributed by atoms with E-state index in [1.54, 1.807) is 6.07 Å². The lowest BCUT2D eigenvalue weighted by Crippen LogP contribution is -2.53. The third-order valence-corrected chi connectivity index (χ3v) is 5.51. The average molecular weight is 418 g/mol. The second-order valence-corrected chi connectivity index (χ2v) is 8.99. The molecule has 4 rings (SSSR count). The first kappa shape index (κ1) is 20.8. The van der Waals surface area contributed by atoms with E-state index in [1.165, 1.54) is 9.47 Å². The van der Waals surface area contributed by atoms with E-state index in [0.717, 1.165) is 17.4 Å². The summed E-state index contributed by atoms with van der Waals surface area (Å²) in [5.74, 6) is -0.860. The maximum absolute atomic E-state index is 13.5. The summed E-state index contributed by atoms with van der Waals surface area (Å²) in [4.78, 5) is 41.3. The Balaban J connectivity index is 1.79. The first-order valence-corrected chi connectivity index (χ1v) is 10.5. The minimum Gasteiger partial charge on any atom is -0.349 e. The normalized spacial score (nSPS) is 15.2. The lowest BCUT2D eigenvalue weighted by atomic mass is 9.99. The van der Waals surface area contributed by atoms with Gasteiger partial charge in [0.05, 0.1) is 5.52 Å². The van der Waals surface area contributed by atoms with Crippen LogP contribution in [-0.2, 0) is 11.2 Å². The zero-order valence-electron chi connectivity index (χ0n) is 18.3. The van der Waals surface area contributed by atoms with Gasteiger partial charge in [0.1, 0.15) is 18.3 Å². The molecule has 31 heavy (non-hydrogen) atoms. The van der Waals surface area contributed by atoms with Crippen LogP contribution >= 0.6 is 0 Å². The molecule has 1 aliphatic heterocycles. The number of hydrogen-bond donors (Lipinski definition) is 1. The molecular formula is C25H27N3O3. The zero-order valence-corrected chi connectivity index (χ0v) is 18.3. The summed E-state index contributed by atoms with van der Waals surface area (Å²) in [6, 6.07) is 15.9. The Morgan fingerprint density at radius 3 is 2.39 bits per heavy atom. The average Bonchev–Trinajstić information content (AvgIpc) is 3.11. The molecule has 2 aromatic carbocycles. The Hall–Kier alpha value is -3.41. The largest absolute Gasteiger partial charge is 0.349 e. The van der Waals surface area contributed by atoms with Gasteiger partial charge in [-0.25, -0.2) is 0 Å². The van der Waals surface area contributed by atoms with Gasteiger partial charge in [-0.15, -0.1) is 0 Å². The Kier molecular flexibility index (Phi) is 5.17. The topological polar surface area (TPSA) is 71.4 Å². The molecule has 160 valence electrons. The fraction of sp³-hybridized carbons (Fsp3) is 0.320. The van der Waals surface area contributed by atoms with Crippen molar-refractivity contribution in [3.63, 3.8) is 0 Å². The number of rotatable bonds is 4. The number of hydrogen-bond acceptors (Lipinski definition) is 3. The number of aromatic nitrogens is 1. The Morgan fingerprint density at radius 2 is 1.74 bits per heavy atom. The van der Waals surface area contributed by atoms with Crippen molar-refractivity contribution < 1.29 is 14.4 Å². The molecule has 0 spiro atoms. The number of para-hydroxylation sites is 1. The van der Waals surface area contributed by atoms with Crippen LogP contribution < -0.4 is 5.32 Å². The highest BCUT2D eigenvalue weighted by Gasteiger charge is 2.40. The molecule has 1 aromatic heterocycles. The predicted molar refractivity (Wildman–Crippen MR) is 120 cm³/mol. The molecule has 2 heterocycles. The van der Waals surface area contributed by atoms with Crippen molar-refractivity contribution in [3.05, 3.63) is 71.4 Å². The van der Waals surface area contributed by atoms with E-state index in [9.17, 15) is 14.4 Å². The molecule has 1 atom stereocenters. The van der Waals surface area contributed by atoms with Gasteiger partial charge in [-0.2, -0.15) is 0 Å². The molecule has 0 saturated heterocycles. The zero-order chi connectivity index (χ0) is 22.3. The predicted octanol–water partition coefficient (Wildman–Crippen LogP) is 3.96. The summed E-state index contributed by atoms with van der Waals surface area (Å²) in [5, 5.41) is 3.80. The number of benzene rings is 2. The molecule has 0 saturated carbocycles. The minimum atomic E-state index is -0.895. The van der Waals surface area contributed by atoms with Crippen LogP contribution in [0, 0.1) is 0 Å². The molecule has 1 N–H and O–H groups in total. The van der Waals surface area contributed by atoms with E-state index < -0.39 is 11.6 Å². The Labute approximate surface area is 181 Å². The summed E-state index contributed by atoms with van der Waals surface area (Å²) in [6.07, 6.45) is 0.875.